The van der Waals surface area contributed by atoms with Gasteiger partial charge in [0.2, 0.25) is 0 Å². The second-order valence-corrected chi connectivity index (χ2v) is 7.74. The van der Waals surface area contributed by atoms with E-state index >= 15 is 0 Å². The maximum Gasteiger partial charge on any atom is 0.251 e. The van der Waals surface area contributed by atoms with Gasteiger partial charge in [-0.25, -0.2) is 4.98 Å². The molecule has 0 saturated heterocycles. The van der Waals surface area contributed by atoms with E-state index in [-0.39, 0.29) is 5.91 Å². The van der Waals surface area contributed by atoms with Crippen molar-refractivity contribution in [3.05, 3.63) is 69.5 Å². The third-order valence-electron chi connectivity index (χ3n) is 4.12. The molecule has 1 amide bonds. The van der Waals surface area contributed by atoms with Gasteiger partial charge in [0.1, 0.15) is 0 Å². The predicted molar refractivity (Wildman–Crippen MR) is 108 cm³/mol. The number of benzene rings is 1. The van der Waals surface area contributed by atoms with Crippen molar-refractivity contribution in [3.63, 3.8) is 0 Å². The highest BCUT2D eigenvalue weighted by Gasteiger charge is 2.11. The summed E-state index contributed by atoms with van der Waals surface area (Å²) in [5.74, 6) is -0.0847. The van der Waals surface area contributed by atoms with Crippen LogP contribution in [0.1, 0.15) is 27.9 Å². The first kappa shape index (κ1) is 16.9. The number of hydrogen-bond acceptors (Lipinski definition) is 5. The number of pyridine rings is 1. The number of hydrogen-bond donors (Lipinski definition) is 1. The monoisotopic (exact) mass is 379 g/mol. The molecule has 0 spiro atoms. The maximum atomic E-state index is 12.6. The van der Waals surface area contributed by atoms with E-state index in [1.165, 1.54) is 0 Å². The van der Waals surface area contributed by atoms with E-state index in [0.717, 1.165) is 38.5 Å². The van der Waals surface area contributed by atoms with Crippen LogP contribution in [0.5, 0.6) is 0 Å². The highest BCUT2D eigenvalue weighted by molar-refractivity contribution is 7.18. The molecule has 6 heteroatoms. The predicted octanol–water partition coefficient (Wildman–Crippen LogP) is 4.91. The van der Waals surface area contributed by atoms with Crippen LogP contribution in [0.15, 0.2) is 53.4 Å². The van der Waals surface area contributed by atoms with E-state index in [2.05, 4.69) is 27.6 Å². The van der Waals surface area contributed by atoms with Gasteiger partial charge in [-0.15, -0.1) is 11.3 Å². The molecule has 0 unspecified atom stereocenters. The number of rotatable bonds is 5. The minimum Gasteiger partial charge on any atom is -0.348 e. The standard InChI is InChI=1S/C20H17N3OS2/c1-2-18-23-16-6-5-13(10-17(16)26-18)20(24)22-11-14-4-3-8-21-19(14)15-7-9-25-12-15/h3-10,12H,2,11H2,1H3,(H,22,24). The fraction of sp³-hybridized carbons (Fsp3) is 0.150. The van der Waals surface area contributed by atoms with Crippen molar-refractivity contribution in [2.45, 2.75) is 19.9 Å². The van der Waals surface area contributed by atoms with Gasteiger partial charge in [-0.05, 0) is 47.7 Å². The Morgan fingerprint density at radius 3 is 2.96 bits per heavy atom. The van der Waals surface area contributed by atoms with Gasteiger partial charge in [0.15, 0.2) is 0 Å². The van der Waals surface area contributed by atoms with Crippen LogP contribution in [-0.4, -0.2) is 15.9 Å². The van der Waals surface area contributed by atoms with Crippen molar-refractivity contribution >= 4 is 38.8 Å². The van der Waals surface area contributed by atoms with Crippen molar-refractivity contribution in [3.8, 4) is 11.3 Å². The molecule has 26 heavy (non-hydrogen) atoms. The number of amides is 1. The molecule has 0 aliphatic heterocycles. The number of thiophene rings is 1. The molecule has 0 saturated carbocycles. The fourth-order valence-electron chi connectivity index (χ4n) is 2.78. The van der Waals surface area contributed by atoms with Gasteiger partial charge in [0.05, 0.1) is 20.9 Å². The number of nitrogens with zero attached hydrogens (tertiary/aromatic N) is 2. The molecule has 0 aliphatic carbocycles. The summed E-state index contributed by atoms with van der Waals surface area (Å²) in [5, 5.41) is 8.20. The molecule has 4 nitrogen and oxygen atoms in total. The summed E-state index contributed by atoms with van der Waals surface area (Å²) in [5.41, 5.74) is 4.61. The number of thiazole rings is 1. The summed E-state index contributed by atoms with van der Waals surface area (Å²) in [4.78, 5) is 21.6. The molecule has 130 valence electrons. The molecule has 0 atom stereocenters. The van der Waals surface area contributed by atoms with Gasteiger partial charge in [0, 0.05) is 29.2 Å². The molecule has 3 aromatic heterocycles. The zero-order chi connectivity index (χ0) is 17.9. The summed E-state index contributed by atoms with van der Waals surface area (Å²) in [7, 11) is 0. The molecule has 0 radical (unpaired) electrons. The SMILES string of the molecule is CCc1nc2ccc(C(=O)NCc3cccnc3-c3ccsc3)cc2s1. The Labute approximate surface area is 159 Å². The quantitative estimate of drug-likeness (QED) is 0.536. The van der Waals surface area contributed by atoms with Crippen LogP contribution in [0.25, 0.3) is 21.5 Å². The first-order chi connectivity index (χ1) is 12.7. The van der Waals surface area contributed by atoms with E-state index < -0.39 is 0 Å². The van der Waals surface area contributed by atoms with Gasteiger partial charge in [-0.2, -0.15) is 11.3 Å². The summed E-state index contributed by atoms with van der Waals surface area (Å²) in [6.45, 7) is 2.53. The van der Waals surface area contributed by atoms with E-state index in [9.17, 15) is 4.79 Å². The lowest BCUT2D eigenvalue weighted by Crippen LogP contribution is -2.23. The van der Waals surface area contributed by atoms with Crippen LogP contribution in [0.2, 0.25) is 0 Å². The minimum absolute atomic E-state index is 0.0847. The third-order valence-corrected chi connectivity index (χ3v) is 5.97. The molecular weight excluding hydrogens is 362 g/mol. The first-order valence-corrected chi connectivity index (χ1v) is 10.1. The summed E-state index contributed by atoms with van der Waals surface area (Å²) in [6, 6.07) is 11.6. The smallest absolute Gasteiger partial charge is 0.251 e. The molecule has 0 fully saturated rings. The number of nitrogens with one attached hydrogen (secondary N) is 1. The van der Waals surface area contributed by atoms with Crippen molar-refractivity contribution < 1.29 is 4.79 Å². The van der Waals surface area contributed by atoms with Crippen molar-refractivity contribution in [2.24, 2.45) is 0 Å². The number of aromatic nitrogens is 2. The van der Waals surface area contributed by atoms with Crippen LogP contribution >= 0.6 is 22.7 Å². The van der Waals surface area contributed by atoms with Gasteiger partial charge in [-0.3, -0.25) is 9.78 Å². The Balaban J connectivity index is 1.53. The summed E-state index contributed by atoms with van der Waals surface area (Å²) in [6.07, 6.45) is 2.69. The Morgan fingerprint density at radius 1 is 1.23 bits per heavy atom. The highest BCUT2D eigenvalue weighted by Crippen LogP contribution is 2.25. The van der Waals surface area contributed by atoms with Gasteiger partial charge in [0.25, 0.3) is 5.91 Å². The Morgan fingerprint density at radius 2 is 2.15 bits per heavy atom. The van der Waals surface area contributed by atoms with E-state index in [4.69, 9.17) is 0 Å². The number of carbonyl (C=O) groups is 1. The molecule has 4 aromatic rings. The molecule has 4 rings (SSSR count). The van der Waals surface area contributed by atoms with Crippen LogP contribution in [-0.2, 0) is 13.0 Å². The number of aryl methyl sites for hydroxylation is 1. The van der Waals surface area contributed by atoms with E-state index in [1.54, 1.807) is 28.9 Å². The molecule has 0 aliphatic rings. The lowest BCUT2D eigenvalue weighted by Gasteiger charge is -2.09. The highest BCUT2D eigenvalue weighted by atomic mass is 32.1. The topological polar surface area (TPSA) is 54.9 Å². The van der Waals surface area contributed by atoms with E-state index in [1.807, 2.05) is 41.8 Å². The van der Waals surface area contributed by atoms with Crippen LogP contribution in [0.3, 0.4) is 0 Å². The molecule has 0 bridgehead atoms. The summed E-state index contributed by atoms with van der Waals surface area (Å²) >= 11 is 3.28. The normalized spacial score (nSPS) is 11.0. The molecule has 1 N–H and O–H groups in total. The third kappa shape index (κ3) is 3.38. The minimum atomic E-state index is -0.0847. The van der Waals surface area contributed by atoms with Crippen molar-refractivity contribution in [1.29, 1.82) is 0 Å². The van der Waals surface area contributed by atoms with Crippen LogP contribution < -0.4 is 5.32 Å². The van der Waals surface area contributed by atoms with Crippen molar-refractivity contribution in [1.82, 2.24) is 15.3 Å². The first-order valence-electron chi connectivity index (χ1n) is 8.38. The Kier molecular flexibility index (Phi) is 4.77. The zero-order valence-electron chi connectivity index (χ0n) is 14.2. The maximum absolute atomic E-state index is 12.6. The van der Waals surface area contributed by atoms with Gasteiger partial charge in [-0.1, -0.05) is 13.0 Å². The molecule has 1 aromatic carbocycles. The average molecular weight is 380 g/mol. The van der Waals surface area contributed by atoms with Crippen molar-refractivity contribution in [2.75, 3.05) is 0 Å². The largest absolute Gasteiger partial charge is 0.348 e. The second kappa shape index (κ2) is 7.35. The van der Waals surface area contributed by atoms with Crippen LogP contribution in [0, 0.1) is 0 Å². The lowest BCUT2D eigenvalue weighted by atomic mass is 10.1. The fourth-order valence-corrected chi connectivity index (χ4v) is 4.37. The molecular formula is C20H17N3OS2. The Bertz CT molecular complexity index is 1050. The average Bonchev–Trinajstić information content (AvgIpc) is 3.35. The van der Waals surface area contributed by atoms with Crippen LogP contribution in [0.4, 0.5) is 0 Å². The lowest BCUT2D eigenvalue weighted by molar-refractivity contribution is 0.0951. The summed E-state index contributed by atoms with van der Waals surface area (Å²) < 4.78 is 1.05. The van der Waals surface area contributed by atoms with E-state index in [0.29, 0.717) is 12.1 Å². The molecule has 3 heterocycles. The van der Waals surface area contributed by atoms with Gasteiger partial charge < -0.3 is 5.32 Å². The zero-order valence-corrected chi connectivity index (χ0v) is 15.9. The number of fused-ring (bicyclic) bond motifs is 1. The Hall–Kier alpha value is -2.57. The number of carbonyl (C=O) groups excluding carboxylic acids is 1. The van der Waals surface area contributed by atoms with Gasteiger partial charge >= 0.3 is 0 Å². The second-order valence-electron chi connectivity index (χ2n) is 5.85.